The van der Waals surface area contributed by atoms with Crippen LogP contribution in [0.1, 0.15) is 57.7 Å². The van der Waals surface area contributed by atoms with Crippen molar-refractivity contribution in [1.82, 2.24) is 14.5 Å². The molecule has 1 aliphatic heterocycles. The Morgan fingerprint density at radius 3 is 2.62 bits per heavy atom. The van der Waals surface area contributed by atoms with E-state index in [2.05, 4.69) is 16.5 Å². The Hall–Kier alpha value is -2.11. The smallest absolute Gasteiger partial charge is 0.414 e. The van der Waals surface area contributed by atoms with E-state index < -0.39 is 12.0 Å². The quantitative estimate of drug-likeness (QED) is 0.841. The molecule has 1 N–H and O–H groups in total. The van der Waals surface area contributed by atoms with Crippen LogP contribution in [0.25, 0.3) is 6.08 Å². The lowest BCUT2D eigenvalue weighted by molar-refractivity contribution is -0.127. The summed E-state index contributed by atoms with van der Waals surface area (Å²) in [6, 6.07) is 0.484. The molecule has 0 bridgehead atoms. The predicted molar refractivity (Wildman–Crippen MR) is 90.4 cm³/mol. The van der Waals surface area contributed by atoms with Crippen molar-refractivity contribution in [3.63, 3.8) is 0 Å². The molecule has 24 heavy (non-hydrogen) atoms. The molecule has 6 nitrogen and oxygen atoms in total. The number of rotatable bonds is 2. The summed E-state index contributed by atoms with van der Waals surface area (Å²) < 4.78 is 2.14. The number of carbonyl (C=O) groups excluding carboxylic acids is 1. The second-order valence-corrected chi connectivity index (χ2v) is 7.34. The summed E-state index contributed by atoms with van der Waals surface area (Å²) in [6.45, 7) is 4.52. The van der Waals surface area contributed by atoms with Crippen LogP contribution in [-0.2, 0) is 4.79 Å². The zero-order chi connectivity index (χ0) is 17.3. The Morgan fingerprint density at radius 1 is 1.25 bits per heavy atom. The number of imide groups is 1. The third-order valence-corrected chi connectivity index (χ3v) is 5.16. The van der Waals surface area contributed by atoms with Gasteiger partial charge in [0.1, 0.15) is 0 Å². The molecule has 6 heteroatoms. The average molecular weight is 331 g/mol. The molecule has 1 aromatic heterocycles. The van der Waals surface area contributed by atoms with E-state index in [-0.39, 0.29) is 12.5 Å². The minimum Gasteiger partial charge on any atom is -0.465 e. The van der Waals surface area contributed by atoms with Gasteiger partial charge in [0.15, 0.2) is 0 Å². The zero-order valence-electron chi connectivity index (χ0n) is 14.3. The lowest BCUT2D eigenvalue weighted by atomic mass is 9.87. The molecule has 1 saturated heterocycles. The SMILES string of the molecule is C[C@@H]1CC(=Cc2cn([C@H]3CC[C@H](C)CC3)cn2)C(=O)N(C(=O)O)C1. The Morgan fingerprint density at radius 2 is 1.96 bits per heavy atom. The van der Waals surface area contributed by atoms with E-state index in [1.54, 1.807) is 6.08 Å². The predicted octanol–water partition coefficient (Wildman–Crippen LogP) is 3.56. The van der Waals surface area contributed by atoms with Gasteiger partial charge in [-0.1, -0.05) is 13.8 Å². The highest BCUT2D eigenvalue weighted by Crippen LogP contribution is 2.32. The second-order valence-electron chi connectivity index (χ2n) is 7.34. The molecule has 0 radical (unpaired) electrons. The maximum Gasteiger partial charge on any atom is 0.414 e. The number of carbonyl (C=O) groups is 2. The maximum absolute atomic E-state index is 12.3. The fourth-order valence-corrected chi connectivity index (χ4v) is 3.73. The molecule has 0 unspecified atom stereocenters. The van der Waals surface area contributed by atoms with Gasteiger partial charge in [0, 0.05) is 24.4 Å². The largest absolute Gasteiger partial charge is 0.465 e. The molecule has 0 spiro atoms. The highest BCUT2D eigenvalue weighted by Gasteiger charge is 2.31. The van der Waals surface area contributed by atoms with Gasteiger partial charge in [-0.25, -0.2) is 14.7 Å². The summed E-state index contributed by atoms with van der Waals surface area (Å²) in [4.78, 5) is 28.8. The van der Waals surface area contributed by atoms with Crippen molar-refractivity contribution in [2.45, 2.75) is 52.0 Å². The first-order valence-electron chi connectivity index (χ1n) is 8.73. The van der Waals surface area contributed by atoms with Gasteiger partial charge in [0.25, 0.3) is 5.91 Å². The second kappa shape index (κ2) is 6.79. The molecular weight excluding hydrogens is 306 g/mol. The van der Waals surface area contributed by atoms with Gasteiger partial charge in [0.05, 0.1) is 12.0 Å². The normalized spacial score (nSPS) is 29.9. The summed E-state index contributed by atoms with van der Waals surface area (Å²) >= 11 is 0. The van der Waals surface area contributed by atoms with Crippen LogP contribution in [0.4, 0.5) is 4.79 Å². The summed E-state index contributed by atoms with van der Waals surface area (Å²) in [6.07, 6.45) is 9.77. The van der Waals surface area contributed by atoms with E-state index in [0.717, 1.165) is 29.4 Å². The number of hydrogen-bond acceptors (Lipinski definition) is 3. The third-order valence-electron chi connectivity index (χ3n) is 5.16. The van der Waals surface area contributed by atoms with Crippen LogP contribution in [0.3, 0.4) is 0 Å². The first kappa shape index (κ1) is 16.7. The number of likely N-dealkylation sites (tertiary alicyclic amines) is 1. The van der Waals surface area contributed by atoms with Gasteiger partial charge in [-0.05, 0) is 50.0 Å². The van der Waals surface area contributed by atoms with E-state index in [0.29, 0.717) is 18.0 Å². The van der Waals surface area contributed by atoms with Crippen LogP contribution in [0.15, 0.2) is 18.1 Å². The van der Waals surface area contributed by atoms with Crippen molar-refractivity contribution in [2.75, 3.05) is 6.54 Å². The number of imidazole rings is 1. The van der Waals surface area contributed by atoms with Gasteiger partial charge >= 0.3 is 6.09 Å². The fraction of sp³-hybridized carbons (Fsp3) is 0.611. The van der Waals surface area contributed by atoms with Crippen LogP contribution in [-0.4, -0.2) is 38.1 Å². The van der Waals surface area contributed by atoms with Gasteiger partial charge < -0.3 is 9.67 Å². The van der Waals surface area contributed by atoms with Crippen molar-refractivity contribution in [2.24, 2.45) is 11.8 Å². The van der Waals surface area contributed by atoms with E-state index >= 15 is 0 Å². The minimum absolute atomic E-state index is 0.131. The number of carboxylic acid groups (broad SMARTS) is 1. The number of hydrogen-bond donors (Lipinski definition) is 1. The molecule has 2 aliphatic rings. The standard InChI is InChI=1S/C18H25N3O3/c1-12-3-5-16(6-4-12)20-10-15(19-11-20)8-14-7-13(2)9-21(17(14)22)18(23)24/h8,10-13,16H,3-7,9H2,1-2H3,(H,23,24)/t12-,13-,16-/m1/s1. The molecule has 2 fully saturated rings. The molecule has 1 saturated carbocycles. The van der Waals surface area contributed by atoms with Crippen LogP contribution < -0.4 is 0 Å². The molecule has 2 heterocycles. The van der Waals surface area contributed by atoms with Gasteiger partial charge in [-0.15, -0.1) is 0 Å². The van der Waals surface area contributed by atoms with Crippen molar-refractivity contribution in [3.05, 3.63) is 23.8 Å². The maximum atomic E-state index is 12.3. The third kappa shape index (κ3) is 3.52. The molecular formula is C18H25N3O3. The van der Waals surface area contributed by atoms with Crippen LogP contribution >= 0.6 is 0 Å². The zero-order valence-corrected chi connectivity index (χ0v) is 14.3. The van der Waals surface area contributed by atoms with Crippen molar-refractivity contribution < 1.29 is 14.7 Å². The highest BCUT2D eigenvalue weighted by atomic mass is 16.4. The molecule has 2 amide bonds. The topological polar surface area (TPSA) is 75.4 Å². The number of aromatic nitrogens is 2. The van der Waals surface area contributed by atoms with E-state index in [1.165, 1.54) is 12.8 Å². The highest BCUT2D eigenvalue weighted by molar-refractivity contribution is 6.05. The number of amides is 2. The van der Waals surface area contributed by atoms with Gasteiger partial charge in [-0.3, -0.25) is 4.79 Å². The summed E-state index contributed by atoms with van der Waals surface area (Å²) in [5, 5.41) is 9.16. The van der Waals surface area contributed by atoms with Crippen LogP contribution in [0.5, 0.6) is 0 Å². The Kier molecular flexibility index (Phi) is 4.73. The molecule has 1 atom stereocenters. The summed E-state index contributed by atoms with van der Waals surface area (Å²) in [5.74, 6) is 0.517. The van der Waals surface area contributed by atoms with Crippen LogP contribution in [0, 0.1) is 11.8 Å². The van der Waals surface area contributed by atoms with Gasteiger partial charge in [-0.2, -0.15) is 0 Å². The summed E-state index contributed by atoms with van der Waals surface area (Å²) in [5.41, 5.74) is 1.26. The Bertz CT molecular complexity index is 656. The molecule has 1 aromatic rings. The molecule has 3 rings (SSSR count). The molecule has 1 aliphatic carbocycles. The molecule has 0 aromatic carbocycles. The van der Waals surface area contributed by atoms with E-state index in [4.69, 9.17) is 5.11 Å². The lowest BCUT2D eigenvalue weighted by Crippen LogP contribution is -2.43. The Balaban J connectivity index is 1.76. The van der Waals surface area contributed by atoms with Crippen LogP contribution in [0.2, 0.25) is 0 Å². The van der Waals surface area contributed by atoms with Crippen molar-refractivity contribution >= 4 is 18.1 Å². The van der Waals surface area contributed by atoms with E-state index in [9.17, 15) is 9.59 Å². The summed E-state index contributed by atoms with van der Waals surface area (Å²) in [7, 11) is 0. The monoisotopic (exact) mass is 331 g/mol. The fourth-order valence-electron chi connectivity index (χ4n) is 3.73. The first-order chi connectivity index (χ1) is 11.4. The van der Waals surface area contributed by atoms with Gasteiger partial charge in [0.2, 0.25) is 0 Å². The number of piperidine rings is 1. The lowest BCUT2D eigenvalue weighted by Gasteiger charge is -2.28. The molecule has 130 valence electrons. The first-order valence-corrected chi connectivity index (χ1v) is 8.73. The number of nitrogens with zero attached hydrogens (tertiary/aromatic N) is 3. The van der Waals surface area contributed by atoms with E-state index in [1.807, 2.05) is 19.4 Å². The minimum atomic E-state index is -1.18. The van der Waals surface area contributed by atoms with Crippen molar-refractivity contribution in [3.8, 4) is 0 Å². The average Bonchev–Trinajstić information content (AvgIpc) is 2.99. The Labute approximate surface area is 142 Å². The van der Waals surface area contributed by atoms with Crippen molar-refractivity contribution in [1.29, 1.82) is 0 Å².